The summed E-state index contributed by atoms with van der Waals surface area (Å²) in [5, 5.41) is 9.07. The quantitative estimate of drug-likeness (QED) is 0.284. The molecule has 8 nitrogen and oxygen atoms in total. The molecule has 2 aromatic rings. The van der Waals surface area contributed by atoms with Crippen LogP contribution in [0, 0.1) is 56.7 Å². The second kappa shape index (κ2) is 11.7. The lowest BCUT2D eigenvalue weighted by molar-refractivity contribution is -0.253. The molecule has 0 amide bonds. The Morgan fingerprint density at radius 3 is 2.31 bits per heavy atom. The van der Waals surface area contributed by atoms with Gasteiger partial charge in [-0.2, -0.15) is 0 Å². The Kier molecular flexibility index (Phi) is 8.18. The minimum atomic E-state index is -0.180. The average Bonchev–Trinajstić information content (AvgIpc) is 3.68. The Morgan fingerprint density at radius 2 is 1.60 bits per heavy atom. The van der Waals surface area contributed by atoms with Gasteiger partial charge in [-0.05, 0) is 122 Å². The highest BCUT2D eigenvalue weighted by Crippen LogP contribution is 2.77. The van der Waals surface area contributed by atoms with E-state index in [0.29, 0.717) is 48.0 Å². The lowest BCUT2D eigenvalue weighted by Crippen LogP contribution is -2.67. The van der Waals surface area contributed by atoms with E-state index in [-0.39, 0.29) is 51.0 Å². The van der Waals surface area contributed by atoms with Crippen LogP contribution in [0.15, 0.2) is 28.9 Å². The molecule has 0 aromatic carbocycles. The molecule has 5 saturated carbocycles. The van der Waals surface area contributed by atoms with Crippen molar-refractivity contribution in [2.24, 2.45) is 56.7 Å². The smallest absolute Gasteiger partial charge is 0.302 e. The van der Waals surface area contributed by atoms with Crippen molar-refractivity contribution in [3.05, 3.63) is 30.4 Å². The molecule has 0 unspecified atom stereocenters. The van der Waals surface area contributed by atoms with E-state index in [1.54, 1.807) is 26.2 Å². The number of carbonyl (C=O) groups excluding carboxylic acids is 2. The third kappa shape index (κ3) is 4.92. The van der Waals surface area contributed by atoms with Crippen molar-refractivity contribution in [1.29, 1.82) is 0 Å². The summed E-state index contributed by atoms with van der Waals surface area (Å²) in [6.45, 7) is 18.5. The molecule has 5 aliphatic carbocycles. The first-order valence-electron chi connectivity index (χ1n) is 18.7. The summed E-state index contributed by atoms with van der Waals surface area (Å²) in [5.74, 6) is 3.51. The van der Waals surface area contributed by atoms with Crippen LogP contribution in [0.4, 0.5) is 0 Å². The molecule has 11 atom stereocenters. The predicted molar refractivity (Wildman–Crippen MR) is 182 cm³/mol. The molecule has 0 aliphatic heterocycles. The van der Waals surface area contributed by atoms with Crippen LogP contribution in [-0.4, -0.2) is 39.8 Å². The molecule has 0 spiro atoms. The van der Waals surface area contributed by atoms with Gasteiger partial charge in [0.05, 0.1) is 6.61 Å². The molecular formula is C40H57N3O5. The molecule has 2 heterocycles. The molecule has 262 valence electrons. The van der Waals surface area contributed by atoms with Crippen LogP contribution in [0.3, 0.4) is 0 Å². The van der Waals surface area contributed by atoms with Gasteiger partial charge in [0.25, 0.3) is 0 Å². The Morgan fingerprint density at radius 1 is 0.854 bits per heavy atom. The molecule has 5 aliphatic rings. The van der Waals surface area contributed by atoms with Gasteiger partial charge in [0.2, 0.25) is 11.8 Å². The van der Waals surface area contributed by atoms with E-state index in [9.17, 15) is 9.59 Å². The van der Waals surface area contributed by atoms with Crippen LogP contribution >= 0.6 is 0 Å². The standard InChI is InChI=1S/C40H57N3O5/c1-24(34-42-43-35(48-34)27-14-21-41-22-15-27)28-11-18-40(23-46-25(2)44)20-19-38(7)29(33(28)40)9-10-31-37(6)16-13-32(47-26(3)45)36(4,5)30(37)12-17-39(31,38)8/h14-15,21-22,24,28-33H,9-13,16-20,23H2,1-8H3/t24-,28+,29-,30+,31-,32+,33-,37+,38-,39-,40-/m1/s1. The fraction of sp³-hybridized carbons (Fsp3) is 0.775. The summed E-state index contributed by atoms with van der Waals surface area (Å²) in [4.78, 5) is 28.5. The number of ether oxygens (including phenoxy) is 2. The Labute approximate surface area is 286 Å². The number of fused-ring (bicyclic) bond motifs is 7. The molecule has 8 heteroatoms. The minimum absolute atomic E-state index is 0.00885. The fourth-order valence-electron chi connectivity index (χ4n) is 13.4. The summed E-state index contributed by atoms with van der Waals surface area (Å²) in [7, 11) is 0. The number of esters is 2. The van der Waals surface area contributed by atoms with E-state index in [0.717, 1.165) is 37.7 Å². The van der Waals surface area contributed by atoms with Crippen molar-refractivity contribution in [2.45, 2.75) is 132 Å². The molecule has 48 heavy (non-hydrogen) atoms. The van der Waals surface area contributed by atoms with Crippen LogP contribution < -0.4 is 0 Å². The maximum atomic E-state index is 12.2. The molecule has 0 bridgehead atoms. The maximum Gasteiger partial charge on any atom is 0.302 e. The number of carbonyl (C=O) groups is 2. The van der Waals surface area contributed by atoms with E-state index < -0.39 is 0 Å². The van der Waals surface area contributed by atoms with Gasteiger partial charge in [-0.15, -0.1) is 10.2 Å². The maximum absolute atomic E-state index is 12.2. The second-order valence-corrected chi connectivity index (χ2v) is 18.0. The molecule has 0 saturated heterocycles. The van der Waals surface area contributed by atoms with E-state index in [2.05, 4.69) is 56.7 Å². The zero-order valence-electron chi connectivity index (χ0n) is 30.5. The van der Waals surface area contributed by atoms with Crippen LogP contribution in [-0.2, 0) is 19.1 Å². The van der Waals surface area contributed by atoms with Crippen LogP contribution in [0.5, 0.6) is 0 Å². The monoisotopic (exact) mass is 659 g/mol. The average molecular weight is 660 g/mol. The largest absolute Gasteiger partial charge is 0.465 e. The van der Waals surface area contributed by atoms with Crippen molar-refractivity contribution in [2.75, 3.05) is 6.61 Å². The van der Waals surface area contributed by atoms with Gasteiger partial charge in [-0.3, -0.25) is 14.6 Å². The first kappa shape index (κ1) is 33.7. The predicted octanol–water partition coefficient (Wildman–Crippen LogP) is 8.81. The molecule has 5 fully saturated rings. The van der Waals surface area contributed by atoms with Gasteiger partial charge in [-0.1, -0.05) is 41.5 Å². The number of pyridine rings is 1. The third-order valence-electron chi connectivity index (χ3n) is 15.9. The highest BCUT2D eigenvalue weighted by molar-refractivity contribution is 5.66. The first-order chi connectivity index (χ1) is 22.7. The van der Waals surface area contributed by atoms with Crippen molar-refractivity contribution < 1.29 is 23.5 Å². The van der Waals surface area contributed by atoms with Gasteiger partial charge in [0, 0.05) is 48.6 Å². The Bertz CT molecular complexity index is 1540. The zero-order valence-corrected chi connectivity index (χ0v) is 30.5. The topological polar surface area (TPSA) is 104 Å². The highest BCUT2D eigenvalue weighted by atomic mass is 16.5. The molecule has 0 radical (unpaired) electrons. The lowest BCUT2D eigenvalue weighted by Gasteiger charge is -2.73. The van der Waals surface area contributed by atoms with E-state index >= 15 is 0 Å². The van der Waals surface area contributed by atoms with Crippen molar-refractivity contribution in [3.63, 3.8) is 0 Å². The number of hydrogen-bond donors (Lipinski definition) is 0. The normalized spacial score (nSPS) is 42.0. The second-order valence-electron chi connectivity index (χ2n) is 18.0. The summed E-state index contributed by atoms with van der Waals surface area (Å²) >= 11 is 0. The Hall–Kier alpha value is -2.77. The van der Waals surface area contributed by atoms with E-state index in [4.69, 9.17) is 13.9 Å². The van der Waals surface area contributed by atoms with Crippen molar-refractivity contribution >= 4 is 11.9 Å². The third-order valence-corrected chi connectivity index (χ3v) is 15.9. The minimum Gasteiger partial charge on any atom is -0.465 e. The molecule has 2 aromatic heterocycles. The SMILES string of the molecule is CC(=O)OC[C@]12CC[C@@H]([C@@H](C)c3nnc(-c4ccncc4)o3)[C@@H]1[C@H]1CC[C@@H]3[C@@]4(C)CC[C@H](OC(C)=O)C(C)(C)[C@@H]4CC[C@@]3(C)[C@]1(C)CC2. The summed E-state index contributed by atoms with van der Waals surface area (Å²) in [6, 6.07) is 3.82. The van der Waals surface area contributed by atoms with Gasteiger partial charge in [0.15, 0.2) is 0 Å². The first-order valence-corrected chi connectivity index (χ1v) is 18.7. The lowest BCUT2D eigenvalue weighted by atomic mass is 9.32. The number of rotatable bonds is 6. The number of nitrogens with zero attached hydrogens (tertiary/aromatic N) is 3. The molecular weight excluding hydrogens is 602 g/mol. The molecule has 0 N–H and O–H groups in total. The van der Waals surface area contributed by atoms with Gasteiger partial charge in [0.1, 0.15) is 6.10 Å². The van der Waals surface area contributed by atoms with E-state index in [1.165, 1.54) is 32.1 Å². The van der Waals surface area contributed by atoms with Gasteiger partial charge >= 0.3 is 11.9 Å². The molecule has 7 rings (SSSR count). The van der Waals surface area contributed by atoms with Crippen LogP contribution in [0.2, 0.25) is 0 Å². The van der Waals surface area contributed by atoms with E-state index in [1.807, 2.05) is 12.1 Å². The van der Waals surface area contributed by atoms with Gasteiger partial charge in [-0.25, -0.2) is 0 Å². The fourth-order valence-corrected chi connectivity index (χ4v) is 13.4. The van der Waals surface area contributed by atoms with Crippen LogP contribution in [0.1, 0.15) is 131 Å². The van der Waals surface area contributed by atoms with Gasteiger partial charge < -0.3 is 13.9 Å². The number of hydrogen-bond acceptors (Lipinski definition) is 8. The Balaban J connectivity index is 1.22. The summed E-state index contributed by atoms with van der Waals surface area (Å²) < 4.78 is 18.3. The van der Waals surface area contributed by atoms with Crippen molar-refractivity contribution in [3.8, 4) is 11.5 Å². The van der Waals surface area contributed by atoms with Crippen LogP contribution in [0.25, 0.3) is 11.5 Å². The zero-order chi connectivity index (χ0) is 34.3. The summed E-state index contributed by atoms with van der Waals surface area (Å²) in [6.07, 6.45) is 14.8. The summed E-state index contributed by atoms with van der Waals surface area (Å²) in [5.41, 5.74) is 1.41. The highest BCUT2D eigenvalue weighted by Gasteiger charge is 2.71. The number of aromatic nitrogens is 3. The van der Waals surface area contributed by atoms with Crippen molar-refractivity contribution in [1.82, 2.24) is 15.2 Å².